The van der Waals surface area contributed by atoms with Gasteiger partial charge in [-0.3, -0.25) is 9.59 Å². The van der Waals surface area contributed by atoms with Gasteiger partial charge in [-0.25, -0.2) is 0 Å². The predicted octanol–water partition coefficient (Wildman–Crippen LogP) is 2.85. The van der Waals surface area contributed by atoms with Crippen LogP contribution in [-0.2, 0) is 17.4 Å². The SMILES string of the molecule is CN(CCNC(=O)c1ccc(C(F)(F)F)cc1)C(=O)[C@@H](N)CCc1ccccc1. The molecule has 0 unspecified atom stereocenters. The Kier molecular flexibility index (Phi) is 7.78. The summed E-state index contributed by atoms with van der Waals surface area (Å²) in [6, 6.07) is 13.0. The Morgan fingerprint density at radius 3 is 2.28 bits per heavy atom. The van der Waals surface area contributed by atoms with Gasteiger partial charge >= 0.3 is 6.18 Å². The fourth-order valence-corrected chi connectivity index (χ4v) is 2.73. The largest absolute Gasteiger partial charge is 0.416 e. The van der Waals surface area contributed by atoms with E-state index >= 15 is 0 Å². The van der Waals surface area contributed by atoms with Crippen LogP contribution in [0.15, 0.2) is 54.6 Å². The van der Waals surface area contributed by atoms with Gasteiger partial charge < -0.3 is 16.0 Å². The van der Waals surface area contributed by atoms with Crippen molar-refractivity contribution in [3.05, 3.63) is 71.3 Å². The number of nitrogens with two attached hydrogens (primary N) is 1. The van der Waals surface area contributed by atoms with Gasteiger partial charge in [-0.1, -0.05) is 30.3 Å². The highest BCUT2D eigenvalue weighted by Gasteiger charge is 2.30. The van der Waals surface area contributed by atoms with Gasteiger partial charge in [0.25, 0.3) is 5.91 Å². The first-order valence-electron chi connectivity index (χ1n) is 9.18. The molecule has 5 nitrogen and oxygen atoms in total. The molecule has 2 aromatic rings. The lowest BCUT2D eigenvalue weighted by Gasteiger charge is -2.21. The molecule has 0 aliphatic carbocycles. The van der Waals surface area contributed by atoms with Gasteiger partial charge in [0.15, 0.2) is 0 Å². The number of hydrogen-bond donors (Lipinski definition) is 2. The zero-order valence-electron chi connectivity index (χ0n) is 16.1. The van der Waals surface area contributed by atoms with Crippen molar-refractivity contribution >= 4 is 11.8 Å². The lowest BCUT2D eigenvalue weighted by atomic mass is 10.1. The van der Waals surface area contributed by atoms with Gasteiger partial charge in [0.2, 0.25) is 5.91 Å². The summed E-state index contributed by atoms with van der Waals surface area (Å²) < 4.78 is 37.7. The Labute approximate surface area is 167 Å². The summed E-state index contributed by atoms with van der Waals surface area (Å²) in [7, 11) is 1.59. The van der Waals surface area contributed by atoms with E-state index < -0.39 is 23.7 Å². The summed E-state index contributed by atoms with van der Waals surface area (Å²) in [6.07, 6.45) is -3.26. The third-order valence-corrected chi connectivity index (χ3v) is 4.49. The van der Waals surface area contributed by atoms with Gasteiger partial charge in [0.1, 0.15) is 0 Å². The fourth-order valence-electron chi connectivity index (χ4n) is 2.73. The number of rotatable bonds is 8. The molecule has 29 heavy (non-hydrogen) atoms. The highest BCUT2D eigenvalue weighted by atomic mass is 19.4. The first-order valence-corrected chi connectivity index (χ1v) is 9.18. The van der Waals surface area contributed by atoms with Crippen LogP contribution in [0.1, 0.15) is 27.9 Å². The normalized spacial score (nSPS) is 12.3. The van der Waals surface area contributed by atoms with E-state index in [1.165, 1.54) is 4.90 Å². The number of carbonyl (C=O) groups excluding carboxylic acids is 2. The number of hydrogen-bond acceptors (Lipinski definition) is 3. The molecule has 0 spiro atoms. The number of amides is 2. The number of aryl methyl sites for hydroxylation is 1. The van der Waals surface area contributed by atoms with Gasteiger partial charge in [0, 0.05) is 25.7 Å². The Bertz CT molecular complexity index is 808. The van der Waals surface area contributed by atoms with Crippen LogP contribution in [0, 0.1) is 0 Å². The number of nitrogens with zero attached hydrogens (tertiary/aromatic N) is 1. The summed E-state index contributed by atoms with van der Waals surface area (Å²) >= 11 is 0. The van der Waals surface area contributed by atoms with Crippen molar-refractivity contribution in [2.24, 2.45) is 5.73 Å². The fraction of sp³-hybridized carbons (Fsp3) is 0.333. The predicted molar refractivity (Wildman–Crippen MR) is 104 cm³/mol. The van der Waals surface area contributed by atoms with Crippen molar-refractivity contribution < 1.29 is 22.8 Å². The van der Waals surface area contributed by atoms with E-state index in [0.717, 1.165) is 29.8 Å². The Morgan fingerprint density at radius 1 is 1.07 bits per heavy atom. The molecule has 2 amide bonds. The minimum Gasteiger partial charge on any atom is -0.350 e. The molecule has 156 valence electrons. The quantitative estimate of drug-likeness (QED) is 0.707. The molecule has 0 radical (unpaired) electrons. The maximum absolute atomic E-state index is 12.6. The number of nitrogens with one attached hydrogen (secondary N) is 1. The number of benzene rings is 2. The monoisotopic (exact) mass is 407 g/mol. The first-order chi connectivity index (χ1) is 13.7. The highest BCUT2D eigenvalue weighted by molar-refractivity contribution is 5.94. The van der Waals surface area contributed by atoms with E-state index in [9.17, 15) is 22.8 Å². The first kappa shape index (κ1) is 22.4. The van der Waals surface area contributed by atoms with Gasteiger partial charge in [0.05, 0.1) is 11.6 Å². The topological polar surface area (TPSA) is 75.4 Å². The third kappa shape index (κ3) is 6.90. The summed E-state index contributed by atoms with van der Waals surface area (Å²) in [5, 5.41) is 2.58. The molecular formula is C21H24F3N3O2. The van der Waals surface area contributed by atoms with Crippen LogP contribution >= 0.6 is 0 Å². The summed E-state index contributed by atoms with van der Waals surface area (Å²) in [4.78, 5) is 25.8. The Morgan fingerprint density at radius 2 is 1.69 bits per heavy atom. The average Bonchev–Trinajstić information content (AvgIpc) is 2.71. The lowest BCUT2D eigenvalue weighted by Crippen LogP contribution is -2.44. The molecule has 0 fully saturated rings. The van der Waals surface area contributed by atoms with Crippen LogP contribution in [-0.4, -0.2) is 42.9 Å². The molecule has 0 aliphatic rings. The van der Waals surface area contributed by atoms with Gasteiger partial charge in [-0.2, -0.15) is 13.2 Å². The average molecular weight is 407 g/mol. The Balaban J connectivity index is 1.75. The van der Waals surface area contributed by atoms with Gasteiger partial charge in [-0.15, -0.1) is 0 Å². The zero-order chi connectivity index (χ0) is 21.4. The number of likely N-dealkylation sites (N-methyl/N-ethyl adjacent to an activating group) is 1. The molecule has 0 bridgehead atoms. The van der Waals surface area contributed by atoms with Crippen molar-refractivity contribution in [3.8, 4) is 0 Å². The highest BCUT2D eigenvalue weighted by Crippen LogP contribution is 2.29. The van der Waals surface area contributed by atoms with E-state index in [-0.39, 0.29) is 24.6 Å². The molecule has 0 saturated heterocycles. The molecule has 2 aromatic carbocycles. The zero-order valence-corrected chi connectivity index (χ0v) is 16.1. The Hall–Kier alpha value is -2.87. The molecule has 0 aliphatic heterocycles. The van der Waals surface area contributed by atoms with Crippen molar-refractivity contribution in [3.63, 3.8) is 0 Å². The second kappa shape index (κ2) is 10.1. The lowest BCUT2D eigenvalue weighted by molar-refractivity contribution is -0.137. The molecular weight excluding hydrogens is 383 g/mol. The van der Waals surface area contributed by atoms with Crippen molar-refractivity contribution in [1.29, 1.82) is 0 Å². The minimum absolute atomic E-state index is 0.117. The maximum Gasteiger partial charge on any atom is 0.416 e. The van der Waals surface area contributed by atoms with E-state index in [4.69, 9.17) is 5.73 Å². The summed E-state index contributed by atoms with van der Waals surface area (Å²) in [6.45, 7) is 0.401. The number of alkyl halides is 3. The van der Waals surface area contributed by atoms with Gasteiger partial charge in [-0.05, 0) is 42.7 Å². The van der Waals surface area contributed by atoms with Crippen LogP contribution < -0.4 is 11.1 Å². The van der Waals surface area contributed by atoms with E-state index in [2.05, 4.69) is 5.32 Å². The molecule has 0 aromatic heterocycles. The smallest absolute Gasteiger partial charge is 0.350 e. The molecule has 0 saturated carbocycles. The van der Waals surface area contributed by atoms with Crippen molar-refractivity contribution in [2.45, 2.75) is 25.1 Å². The number of halogens is 3. The second-order valence-electron chi connectivity index (χ2n) is 6.72. The summed E-state index contributed by atoms with van der Waals surface area (Å²) in [5.41, 5.74) is 6.37. The van der Waals surface area contributed by atoms with Crippen molar-refractivity contribution in [1.82, 2.24) is 10.2 Å². The summed E-state index contributed by atoms with van der Waals surface area (Å²) in [5.74, 6) is -0.738. The van der Waals surface area contributed by atoms with Crippen molar-refractivity contribution in [2.75, 3.05) is 20.1 Å². The van der Waals surface area contributed by atoms with Crippen LogP contribution in [0.3, 0.4) is 0 Å². The van der Waals surface area contributed by atoms with E-state index in [1.807, 2.05) is 30.3 Å². The standard InChI is InChI=1S/C21H24F3N3O2/c1-27(20(29)18(25)12-7-15-5-3-2-4-6-15)14-13-26-19(28)16-8-10-17(11-9-16)21(22,23)24/h2-6,8-11,18H,7,12-14,25H2,1H3,(H,26,28)/t18-/m0/s1. The molecule has 2 rings (SSSR count). The third-order valence-electron chi connectivity index (χ3n) is 4.49. The molecule has 8 heteroatoms. The molecule has 0 heterocycles. The van der Waals surface area contributed by atoms with Crippen LogP contribution in [0.25, 0.3) is 0 Å². The van der Waals surface area contributed by atoms with Crippen LogP contribution in [0.4, 0.5) is 13.2 Å². The maximum atomic E-state index is 12.6. The minimum atomic E-state index is -4.45. The number of carbonyl (C=O) groups is 2. The molecule has 3 N–H and O–H groups in total. The van der Waals surface area contributed by atoms with E-state index in [1.54, 1.807) is 7.05 Å². The van der Waals surface area contributed by atoms with E-state index in [0.29, 0.717) is 12.8 Å². The second-order valence-corrected chi connectivity index (χ2v) is 6.72. The van der Waals surface area contributed by atoms with Crippen LogP contribution in [0.2, 0.25) is 0 Å². The molecule has 1 atom stereocenters. The van der Waals surface area contributed by atoms with Crippen LogP contribution in [0.5, 0.6) is 0 Å².